The number of para-hydroxylation sites is 1. The van der Waals surface area contributed by atoms with Crippen molar-refractivity contribution in [3.05, 3.63) is 89.4 Å². The summed E-state index contributed by atoms with van der Waals surface area (Å²) in [4.78, 5) is 18.8. The average molecular weight is 678 g/mol. The Morgan fingerprint density at radius 3 is 2.22 bits per heavy atom. The van der Waals surface area contributed by atoms with Gasteiger partial charge in [0.2, 0.25) is 5.91 Å². The molecule has 0 atom stereocenters. The summed E-state index contributed by atoms with van der Waals surface area (Å²) in [5.74, 6) is 0.0392. The molecular weight excluding hydrogens is 635 g/mol. The molecule has 0 spiro atoms. The molecule has 0 N–H and O–H groups in total. The Morgan fingerprint density at radius 1 is 0.933 bits per heavy atom. The first-order valence-corrected chi connectivity index (χ1v) is 16.4. The van der Waals surface area contributed by atoms with Crippen LogP contribution in [-0.4, -0.2) is 70.0 Å². The highest BCUT2D eigenvalue weighted by atomic mass is 35.5. The van der Waals surface area contributed by atoms with Gasteiger partial charge in [0.25, 0.3) is 10.0 Å². The number of hydrogen-bond acceptors (Lipinski definition) is 7. The zero-order valence-electron chi connectivity index (χ0n) is 25.5. The van der Waals surface area contributed by atoms with E-state index in [1.54, 1.807) is 60.7 Å². The number of amides is 1. The second kappa shape index (κ2) is 17.0. The molecule has 0 bridgehead atoms. The van der Waals surface area contributed by atoms with E-state index in [1.165, 1.54) is 64.0 Å². The zero-order chi connectivity index (χ0) is 30.2. The normalized spacial score (nSPS) is 16.5. The maximum atomic E-state index is 14.1. The Hall–Kier alpha value is -3.15. The van der Waals surface area contributed by atoms with Crippen LogP contribution in [0.4, 0.5) is 5.69 Å². The van der Waals surface area contributed by atoms with Gasteiger partial charge in [0.05, 0.1) is 17.7 Å². The molecular formula is C33H42Cl2N4O5S. The topological polar surface area (TPSA) is 97.1 Å². The van der Waals surface area contributed by atoms with Gasteiger partial charge in [-0.15, -0.1) is 24.8 Å². The number of piperidine rings is 2. The summed E-state index contributed by atoms with van der Waals surface area (Å²) in [5.41, 5.74) is 1.61. The van der Waals surface area contributed by atoms with E-state index in [9.17, 15) is 18.4 Å². The number of rotatable bonds is 10. The molecule has 2 fully saturated rings. The number of sulfonamides is 1. The predicted octanol–water partition coefficient (Wildman–Crippen LogP) is 5.40. The fourth-order valence-corrected chi connectivity index (χ4v) is 7.41. The molecule has 0 radical (unpaired) electrons. The Balaban J connectivity index is 0.00000276. The van der Waals surface area contributed by atoms with Crippen LogP contribution in [0.5, 0.6) is 5.75 Å². The van der Waals surface area contributed by atoms with E-state index in [0.717, 1.165) is 35.8 Å². The third kappa shape index (κ3) is 9.20. The molecule has 0 unspecified atom stereocenters. The van der Waals surface area contributed by atoms with Gasteiger partial charge < -0.3 is 19.7 Å². The smallest absolute Gasteiger partial charge is 0.270 e. The molecule has 12 heteroatoms. The monoisotopic (exact) mass is 676 g/mol. The van der Waals surface area contributed by atoms with Crippen molar-refractivity contribution in [3.63, 3.8) is 0 Å². The third-order valence-electron chi connectivity index (χ3n) is 8.37. The van der Waals surface area contributed by atoms with E-state index in [1.807, 2.05) is 0 Å². The van der Waals surface area contributed by atoms with Crippen molar-refractivity contribution < 1.29 is 22.7 Å². The summed E-state index contributed by atoms with van der Waals surface area (Å²) in [7, 11) is -2.73. The van der Waals surface area contributed by atoms with E-state index in [-0.39, 0.29) is 41.8 Å². The molecule has 45 heavy (non-hydrogen) atoms. The van der Waals surface area contributed by atoms with Gasteiger partial charge in [-0.2, -0.15) is 4.73 Å². The predicted molar refractivity (Wildman–Crippen MR) is 182 cm³/mol. The Morgan fingerprint density at radius 2 is 1.58 bits per heavy atom. The fraction of sp³-hybridized carbons (Fsp3) is 0.394. The van der Waals surface area contributed by atoms with Crippen molar-refractivity contribution >= 4 is 58.6 Å². The van der Waals surface area contributed by atoms with Gasteiger partial charge in [-0.05, 0) is 93.3 Å². The highest BCUT2D eigenvalue weighted by Gasteiger charge is 2.33. The molecule has 3 aromatic rings. The second-order valence-corrected chi connectivity index (χ2v) is 12.9. The maximum absolute atomic E-state index is 14.1. The van der Waals surface area contributed by atoms with Gasteiger partial charge in [0.15, 0.2) is 12.4 Å². The highest BCUT2D eigenvalue weighted by molar-refractivity contribution is 7.93. The van der Waals surface area contributed by atoms with E-state index in [0.29, 0.717) is 28.6 Å². The minimum Gasteiger partial charge on any atom is -0.619 e. The van der Waals surface area contributed by atoms with Crippen LogP contribution in [0.25, 0.3) is 12.2 Å². The SMILES string of the molecule is COc1ccc(S(=O)(=O)N(C(=O)CCN2CCC(N3CCCCC3)CC2)c2ccccc2C=Cc2cc[n+]([O-])cc2)cc1.Cl.Cl. The van der Waals surface area contributed by atoms with Crippen molar-refractivity contribution in [2.75, 3.05) is 44.1 Å². The molecule has 2 saturated heterocycles. The lowest BCUT2D eigenvalue weighted by Gasteiger charge is -2.40. The summed E-state index contributed by atoms with van der Waals surface area (Å²) in [5, 5.41) is 11.4. The molecule has 5 rings (SSSR count). The number of aromatic nitrogens is 1. The van der Waals surface area contributed by atoms with Crippen LogP contribution in [0.1, 0.15) is 49.7 Å². The number of nitrogens with zero attached hydrogens (tertiary/aromatic N) is 4. The number of likely N-dealkylation sites (tertiary alicyclic amines) is 2. The van der Waals surface area contributed by atoms with Crippen molar-refractivity contribution in [3.8, 4) is 5.75 Å². The molecule has 0 saturated carbocycles. The van der Waals surface area contributed by atoms with Crippen LogP contribution in [0.3, 0.4) is 0 Å². The van der Waals surface area contributed by atoms with Crippen molar-refractivity contribution in [2.45, 2.75) is 49.5 Å². The van der Waals surface area contributed by atoms with Crippen LogP contribution in [0.2, 0.25) is 0 Å². The molecule has 1 aromatic heterocycles. The van der Waals surface area contributed by atoms with E-state index >= 15 is 0 Å². The van der Waals surface area contributed by atoms with Crippen molar-refractivity contribution in [2.24, 2.45) is 0 Å². The summed E-state index contributed by atoms with van der Waals surface area (Å²) in [6, 6.07) is 16.9. The van der Waals surface area contributed by atoms with Crippen LogP contribution < -0.4 is 13.8 Å². The van der Waals surface area contributed by atoms with Gasteiger partial charge in [0.1, 0.15) is 5.75 Å². The van der Waals surface area contributed by atoms with Gasteiger partial charge in [-0.1, -0.05) is 36.8 Å². The Labute approximate surface area is 278 Å². The number of hydrogen-bond donors (Lipinski definition) is 0. The number of anilines is 1. The summed E-state index contributed by atoms with van der Waals surface area (Å²) in [6.07, 6.45) is 12.4. The van der Waals surface area contributed by atoms with E-state index < -0.39 is 15.9 Å². The minimum atomic E-state index is -4.24. The summed E-state index contributed by atoms with van der Waals surface area (Å²) >= 11 is 0. The molecule has 2 aromatic carbocycles. The second-order valence-electron chi connectivity index (χ2n) is 11.1. The lowest BCUT2D eigenvalue weighted by Crippen LogP contribution is -2.47. The number of benzene rings is 2. The van der Waals surface area contributed by atoms with Gasteiger partial charge in [-0.25, -0.2) is 12.7 Å². The first-order chi connectivity index (χ1) is 20.8. The van der Waals surface area contributed by atoms with Crippen LogP contribution >= 0.6 is 24.8 Å². The zero-order valence-corrected chi connectivity index (χ0v) is 27.9. The standard InChI is InChI=1S/C33H40N4O5S.2ClH/c1-42-30-11-13-31(14-12-30)43(40,41)37(32-8-4-3-7-28(32)10-9-27-15-25-36(39)26-16-27)33(38)19-24-34-22-17-29(18-23-34)35-20-5-2-6-21-35;;/h3-4,7-16,25-26,29H,2,5-6,17-24H2,1H3;2*1H. The number of carbonyl (C=O) groups is 1. The Kier molecular flexibility index (Phi) is 13.7. The van der Waals surface area contributed by atoms with Crippen molar-refractivity contribution in [1.82, 2.24) is 9.80 Å². The minimum absolute atomic E-state index is 0. The van der Waals surface area contributed by atoms with E-state index in [2.05, 4.69) is 9.80 Å². The molecule has 2 aliphatic heterocycles. The number of methoxy groups -OCH3 is 1. The van der Waals surface area contributed by atoms with Crippen molar-refractivity contribution in [1.29, 1.82) is 0 Å². The fourth-order valence-electron chi connectivity index (χ4n) is 5.93. The molecule has 9 nitrogen and oxygen atoms in total. The van der Waals surface area contributed by atoms with Crippen LogP contribution in [0, 0.1) is 5.21 Å². The van der Waals surface area contributed by atoms with Gasteiger partial charge >= 0.3 is 0 Å². The molecule has 1 amide bonds. The quantitative estimate of drug-likeness (QED) is 0.209. The van der Waals surface area contributed by atoms with Gasteiger partial charge in [-0.3, -0.25) is 4.79 Å². The van der Waals surface area contributed by atoms with Crippen LogP contribution in [0.15, 0.2) is 78.0 Å². The summed E-state index contributed by atoms with van der Waals surface area (Å²) in [6.45, 7) is 4.66. The van der Waals surface area contributed by atoms with Crippen LogP contribution in [-0.2, 0) is 14.8 Å². The number of pyridine rings is 1. The number of halogens is 2. The average Bonchev–Trinajstić information content (AvgIpc) is 3.05. The number of carbonyl (C=O) groups excluding carboxylic acids is 1. The molecule has 3 heterocycles. The summed E-state index contributed by atoms with van der Waals surface area (Å²) < 4.78 is 35.0. The maximum Gasteiger partial charge on any atom is 0.270 e. The lowest BCUT2D eigenvalue weighted by atomic mass is 10.00. The third-order valence-corrected chi connectivity index (χ3v) is 10.1. The highest BCUT2D eigenvalue weighted by Crippen LogP contribution is 2.30. The van der Waals surface area contributed by atoms with Gasteiger partial charge in [0, 0.05) is 31.1 Å². The largest absolute Gasteiger partial charge is 0.619 e. The molecule has 244 valence electrons. The molecule has 2 aliphatic rings. The van der Waals surface area contributed by atoms with E-state index in [4.69, 9.17) is 4.74 Å². The first-order valence-electron chi connectivity index (χ1n) is 15.0. The number of ether oxygens (including phenoxy) is 1. The molecule has 0 aliphatic carbocycles. The lowest BCUT2D eigenvalue weighted by molar-refractivity contribution is -0.605. The first kappa shape index (κ1) is 36.3. The Bertz CT molecular complexity index is 1510.